The van der Waals surface area contributed by atoms with Gasteiger partial charge in [0.15, 0.2) is 0 Å². The number of morpholine rings is 1. The molecule has 0 N–H and O–H groups in total. The Morgan fingerprint density at radius 1 is 1.06 bits per heavy atom. The van der Waals surface area contributed by atoms with E-state index in [1.54, 1.807) is 0 Å². The van der Waals surface area contributed by atoms with Crippen molar-refractivity contribution in [2.24, 2.45) is 5.92 Å². The maximum Gasteiger partial charge on any atom is 0.317 e. The zero-order chi connectivity index (χ0) is 22.3. The van der Waals surface area contributed by atoms with Crippen molar-refractivity contribution in [2.75, 3.05) is 20.7 Å². The Hall–Kier alpha value is -1.92. The Balaban J connectivity index is 1.18. The van der Waals surface area contributed by atoms with Crippen LogP contribution >= 0.6 is 0 Å². The molecule has 0 aromatic heterocycles. The number of hydrogen-bond donors (Lipinski definition) is 0. The van der Waals surface area contributed by atoms with E-state index in [1.807, 2.05) is 30.3 Å². The molecule has 0 radical (unpaired) electrons. The number of ether oxygens (including phenoxy) is 3. The van der Waals surface area contributed by atoms with E-state index in [2.05, 4.69) is 14.1 Å². The average molecular weight is 443 g/mol. The Kier molecular flexibility index (Phi) is 6.01. The first-order valence-electron chi connectivity index (χ1n) is 12.3. The Morgan fingerprint density at radius 3 is 2.38 bits per heavy atom. The van der Waals surface area contributed by atoms with Gasteiger partial charge in [-0.2, -0.15) is 0 Å². The first-order valence-corrected chi connectivity index (χ1v) is 12.3. The second kappa shape index (κ2) is 8.79. The number of carbonyl (C=O) groups excluding carboxylic acids is 2. The topological polar surface area (TPSA) is 65.1 Å². The molecule has 3 saturated heterocycles. The van der Waals surface area contributed by atoms with Crippen LogP contribution in [0.15, 0.2) is 30.3 Å². The van der Waals surface area contributed by atoms with E-state index >= 15 is 0 Å². The van der Waals surface area contributed by atoms with Crippen molar-refractivity contribution in [1.29, 1.82) is 0 Å². The van der Waals surface area contributed by atoms with Crippen molar-refractivity contribution in [1.82, 2.24) is 0 Å². The summed E-state index contributed by atoms with van der Waals surface area (Å²) in [6.45, 7) is 0.0435. The van der Waals surface area contributed by atoms with E-state index in [1.165, 1.54) is 25.7 Å². The lowest BCUT2D eigenvalue weighted by Crippen LogP contribution is -2.60. The second-order valence-electron chi connectivity index (χ2n) is 10.7. The zero-order valence-corrected chi connectivity index (χ0v) is 19.3. The molecule has 6 nitrogen and oxygen atoms in total. The smallest absolute Gasteiger partial charge is 0.317 e. The third-order valence-corrected chi connectivity index (χ3v) is 8.45. The summed E-state index contributed by atoms with van der Waals surface area (Å²) in [4.78, 5) is 25.6. The molecule has 1 saturated carbocycles. The normalized spacial score (nSPS) is 33.4. The molecule has 3 aliphatic heterocycles. The van der Waals surface area contributed by atoms with Crippen LogP contribution in [0.4, 0.5) is 0 Å². The molecule has 4 fully saturated rings. The molecule has 6 heteroatoms. The van der Waals surface area contributed by atoms with Gasteiger partial charge in [0, 0.05) is 19.3 Å². The molecular weight excluding hydrogens is 406 g/mol. The number of quaternary nitrogens is 1. The molecule has 1 aromatic rings. The number of nitrogens with zero attached hydrogens (tertiary/aromatic N) is 1. The highest BCUT2D eigenvalue weighted by atomic mass is 16.6. The molecular formula is C26H36NO5+. The van der Waals surface area contributed by atoms with Crippen molar-refractivity contribution in [3.8, 4) is 0 Å². The molecule has 4 aliphatic rings. The van der Waals surface area contributed by atoms with Crippen molar-refractivity contribution < 1.29 is 28.3 Å². The van der Waals surface area contributed by atoms with E-state index in [-0.39, 0.29) is 24.6 Å². The monoisotopic (exact) mass is 442 g/mol. The summed E-state index contributed by atoms with van der Waals surface area (Å²) >= 11 is 0. The zero-order valence-electron chi connectivity index (χ0n) is 19.3. The number of piperidine rings is 1. The third kappa shape index (κ3) is 4.32. The summed E-state index contributed by atoms with van der Waals surface area (Å²) in [6, 6.07) is 10.3. The van der Waals surface area contributed by atoms with Crippen LogP contribution in [0.5, 0.6) is 0 Å². The fourth-order valence-corrected chi connectivity index (χ4v) is 6.40. The summed E-state index contributed by atoms with van der Waals surface area (Å²) in [5.41, 5.74) is 0.835. The van der Waals surface area contributed by atoms with Crippen LogP contribution in [-0.2, 0) is 23.8 Å². The number of hydrogen-bond acceptors (Lipinski definition) is 5. The highest BCUT2D eigenvalue weighted by molar-refractivity contribution is 5.79. The number of fused-ring (bicyclic) bond motifs is 5. The van der Waals surface area contributed by atoms with E-state index in [9.17, 15) is 9.59 Å². The highest BCUT2D eigenvalue weighted by Crippen LogP contribution is 2.51. The molecule has 32 heavy (non-hydrogen) atoms. The lowest BCUT2D eigenvalue weighted by atomic mass is 9.95. The SMILES string of the molecule is C[N+]1(C)C2CC(OC(=O)C(COC(=O)CCC3CCCC3)c3ccccc3)CC1C1OC12. The van der Waals surface area contributed by atoms with Gasteiger partial charge in [-0.1, -0.05) is 56.0 Å². The molecule has 5 rings (SSSR count). The van der Waals surface area contributed by atoms with Gasteiger partial charge >= 0.3 is 11.9 Å². The lowest BCUT2D eigenvalue weighted by Gasteiger charge is -2.45. The quantitative estimate of drug-likeness (QED) is 0.350. The highest BCUT2D eigenvalue weighted by Gasteiger charge is 2.70. The van der Waals surface area contributed by atoms with Crippen molar-refractivity contribution in [3.63, 3.8) is 0 Å². The number of epoxide rings is 1. The minimum Gasteiger partial charge on any atom is -0.464 e. The number of esters is 2. The second-order valence-corrected chi connectivity index (χ2v) is 10.7. The number of likely N-dealkylation sites (N-methyl/N-ethyl adjacent to an activating group) is 1. The minimum atomic E-state index is -0.584. The van der Waals surface area contributed by atoms with E-state index in [4.69, 9.17) is 14.2 Å². The van der Waals surface area contributed by atoms with Crippen LogP contribution in [0.3, 0.4) is 0 Å². The predicted octanol–water partition coefficient (Wildman–Crippen LogP) is 3.58. The fraction of sp³-hybridized carbons (Fsp3) is 0.692. The van der Waals surface area contributed by atoms with Crippen LogP contribution in [0, 0.1) is 5.92 Å². The summed E-state index contributed by atoms with van der Waals surface area (Å²) in [7, 11) is 4.53. The van der Waals surface area contributed by atoms with Gasteiger partial charge in [0.05, 0.1) is 14.1 Å². The maximum atomic E-state index is 13.2. The summed E-state index contributed by atoms with van der Waals surface area (Å²) < 4.78 is 18.4. The molecule has 0 spiro atoms. The van der Waals surface area contributed by atoms with Gasteiger partial charge in [-0.05, 0) is 17.9 Å². The Labute approximate surface area is 190 Å². The van der Waals surface area contributed by atoms with Crippen LogP contribution in [0.25, 0.3) is 0 Å². The lowest BCUT2D eigenvalue weighted by molar-refractivity contribution is -0.938. The van der Waals surface area contributed by atoms with Gasteiger partial charge in [0.25, 0.3) is 0 Å². The molecule has 5 unspecified atom stereocenters. The van der Waals surface area contributed by atoms with E-state index < -0.39 is 5.92 Å². The molecule has 174 valence electrons. The standard InChI is InChI=1S/C26H36NO5/c1-27(2)21-14-19(15-22(27)25-24(21)32-25)31-26(29)20(18-10-4-3-5-11-18)16-30-23(28)13-12-17-8-6-7-9-17/h3-5,10-11,17,19-22,24-25H,6-9,12-16H2,1-2H3/q+1. The van der Waals surface area contributed by atoms with Crippen LogP contribution < -0.4 is 0 Å². The summed E-state index contributed by atoms with van der Waals surface area (Å²) in [6.07, 6.45) is 8.53. The van der Waals surface area contributed by atoms with Crippen LogP contribution in [0.1, 0.15) is 62.8 Å². The Bertz CT molecular complexity index is 814. The molecule has 3 heterocycles. The van der Waals surface area contributed by atoms with Gasteiger partial charge in [0.2, 0.25) is 0 Å². The molecule has 1 aromatic carbocycles. The average Bonchev–Trinajstić information content (AvgIpc) is 3.35. The number of carbonyl (C=O) groups is 2. The third-order valence-electron chi connectivity index (χ3n) is 8.45. The first-order chi connectivity index (χ1) is 15.4. The van der Waals surface area contributed by atoms with Gasteiger partial charge in [-0.15, -0.1) is 0 Å². The minimum absolute atomic E-state index is 0.0435. The van der Waals surface area contributed by atoms with Crippen molar-refractivity contribution >= 4 is 11.9 Å². The van der Waals surface area contributed by atoms with Crippen molar-refractivity contribution in [3.05, 3.63) is 35.9 Å². The van der Waals surface area contributed by atoms with Gasteiger partial charge < -0.3 is 18.7 Å². The van der Waals surface area contributed by atoms with E-state index in [0.717, 1.165) is 29.3 Å². The summed E-state index contributed by atoms with van der Waals surface area (Å²) in [5, 5.41) is 0. The summed E-state index contributed by atoms with van der Waals surface area (Å²) in [5.74, 6) is -0.430. The van der Waals surface area contributed by atoms with Crippen molar-refractivity contribution in [2.45, 2.75) is 87.7 Å². The number of benzene rings is 1. The first kappa shape index (κ1) is 21.9. The largest absolute Gasteiger partial charge is 0.464 e. The molecule has 5 atom stereocenters. The molecule has 0 amide bonds. The number of rotatable bonds is 8. The molecule has 2 bridgehead atoms. The molecule has 1 aliphatic carbocycles. The fourth-order valence-electron chi connectivity index (χ4n) is 6.40. The van der Waals surface area contributed by atoms with Crippen LogP contribution in [-0.4, -0.2) is 67.5 Å². The van der Waals surface area contributed by atoms with E-state index in [0.29, 0.717) is 36.6 Å². The maximum absolute atomic E-state index is 13.2. The predicted molar refractivity (Wildman–Crippen MR) is 119 cm³/mol. The van der Waals surface area contributed by atoms with Crippen LogP contribution in [0.2, 0.25) is 0 Å². The Morgan fingerprint density at radius 2 is 1.72 bits per heavy atom. The van der Waals surface area contributed by atoms with Gasteiger partial charge in [0.1, 0.15) is 42.9 Å². The van der Waals surface area contributed by atoms with Gasteiger partial charge in [-0.3, -0.25) is 9.59 Å². The van der Waals surface area contributed by atoms with Gasteiger partial charge in [-0.25, -0.2) is 0 Å².